The molecule has 0 radical (unpaired) electrons. The largest absolute Gasteiger partial charge is 0.450 e. The minimum Gasteiger partial charge on any atom is -0.450 e. The normalized spacial score (nSPS) is 15.4. The lowest BCUT2D eigenvalue weighted by molar-refractivity contribution is -0.122. The summed E-state index contributed by atoms with van der Waals surface area (Å²) < 4.78 is 6.56. The van der Waals surface area contributed by atoms with Crippen molar-refractivity contribution in [3.8, 4) is 0 Å². The van der Waals surface area contributed by atoms with Crippen molar-refractivity contribution in [2.75, 3.05) is 0 Å². The molecule has 4 aromatic rings. The van der Waals surface area contributed by atoms with Crippen LogP contribution in [0.2, 0.25) is 0 Å². The quantitative estimate of drug-likeness (QED) is 0.237. The summed E-state index contributed by atoms with van der Waals surface area (Å²) in [6, 6.07) is 28.2. The number of hydrogen-bond donors (Lipinski definition) is 0. The van der Waals surface area contributed by atoms with E-state index >= 15 is 0 Å². The lowest BCUT2D eigenvalue weighted by Gasteiger charge is -2.14. The van der Waals surface area contributed by atoms with E-state index in [0.29, 0.717) is 21.5 Å². The van der Waals surface area contributed by atoms with Gasteiger partial charge in [0.2, 0.25) is 0 Å². The molecule has 0 bridgehead atoms. The van der Waals surface area contributed by atoms with Crippen molar-refractivity contribution in [3.63, 3.8) is 0 Å². The molecule has 3 aromatic carbocycles. The Morgan fingerprint density at radius 1 is 0.935 bits per heavy atom. The molecule has 2 heterocycles. The number of amides is 1. The fourth-order valence-electron chi connectivity index (χ4n) is 3.39. The lowest BCUT2D eigenvalue weighted by Crippen LogP contribution is -2.27. The standard InChI is InChI=1S/C25H17NO2S3/c27-24-22(31-25(29)26(24)16-17-7-2-1-3-8-17)15-19-13-14-23(28-19)30-21-12-6-10-18-9-4-5-11-20(18)21/h1-15H,16H2. The average molecular weight is 460 g/mol. The molecule has 0 saturated carbocycles. The van der Waals surface area contributed by atoms with Gasteiger partial charge in [-0.05, 0) is 34.5 Å². The van der Waals surface area contributed by atoms with Gasteiger partial charge in [0.25, 0.3) is 5.91 Å². The number of furan rings is 1. The van der Waals surface area contributed by atoms with Gasteiger partial charge >= 0.3 is 0 Å². The summed E-state index contributed by atoms with van der Waals surface area (Å²) in [7, 11) is 0. The summed E-state index contributed by atoms with van der Waals surface area (Å²) in [5.74, 6) is 0.557. The highest BCUT2D eigenvalue weighted by atomic mass is 32.2. The van der Waals surface area contributed by atoms with Crippen LogP contribution in [-0.2, 0) is 11.3 Å². The maximum Gasteiger partial charge on any atom is 0.266 e. The number of benzene rings is 3. The van der Waals surface area contributed by atoms with Gasteiger partial charge in [-0.1, -0.05) is 102 Å². The van der Waals surface area contributed by atoms with Gasteiger partial charge in [0.15, 0.2) is 5.09 Å². The minimum atomic E-state index is -0.0847. The zero-order valence-electron chi connectivity index (χ0n) is 16.4. The third-order valence-corrected chi connectivity index (χ3v) is 7.27. The first-order valence-corrected chi connectivity index (χ1v) is 11.8. The van der Waals surface area contributed by atoms with Crippen LogP contribution in [0.25, 0.3) is 16.8 Å². The Kier molecular flexibility index (Phi) is 5.68. The van der Waals surface area contributed by atoms with Crippen molar-refractivity contribution in [2.24, 2.45) is 0 Å². The number of nitrogens with zero attached hydrogens (tertiary/aromatic N) is 1. The molecule has 0 aliphatic carbocycles. The van der Waals surface area contributed by atoms with Crippen molar-refractivity contribution in [1.29, 1.82) is 0 Å². The second kappa shape index (κ2) is 8.75. The summed E-state index contributed by atoms with van der Waals surface area (Å²) in [6.45, 7) is 0.475. The lowest BCUT2D eigenvalue weighted by atomic mass is 10.1. The number of hydrogen-bond acceptors (Lipinski definition) is 5. The van der Waals surface area contributed by atoms with E-state index in [-0.39, 0.29) is 5.91 Å². The molecule has 6 heteroatoms. The third kappa shape index (κ3) is 4.32. The molecule has 1 fully saturated rings. The molecule has 0 spiro atoms. The number of carbonyl (C=O) groups is 1. The van der Waals surface area contributed by atoms with Gasteiger partial charge in [-0.3, -0.25) is 9.69 Å². The predicted octanol–water partition coefficient (Wildman–Crippen LogP) is 6.99. The number of rotatable bonds is 5. The van der Waals surface area contributed by atoms with Gasteiger partial charge in [0.05, 0.1) is 11.4 Å². The number of thioether (sulfide) groups is 1. The number of thiocarbonyl (C=S) groups is 1. The van der Waals surface area contributed by atoms with E-state index in [1.165, 1.54) is 22.5 Å². The fourth-order valence-corrected chi connectivity index (χ4v) is 5.56. The van der Waals surface area contributed by atoms with E-state index < -0.39 is 0 Å². The van der Waals surface area contributed by atoms with E-state index in [4.69, 9.17) is 16.6 Å². The van der Waals surface area contributed by atoms with Crippen LogP contribution in [0.15, 0.2) is 104 Å². The molecular weight excluding hydrogens is 442 g/mol. The molecule has 0 unspecified atom stereocenters. The van der Waals surface area contributed by atoms with Gasteiger partial charge in [-0.15, -0.1) is 0 Å². The van der Waals surface area contributed by atoms with Crippen LogP contribution >= 0.6 is 35.7 Å². The molecule has 1 saturated heterocycles. The molecule has 0 atom stereocenters. The molecule has 3 nitrogen and oxygen atoms in total. The minimum absolute atomic E-state index is 0.0847. The maximum absolute atomic E-state index is 12.9. The van der Waals surface area contributed by atoms with Crippen LogP contribution in [-0.4, -0.2) is 15.1 Å². The first kappa shape index (κ1) is 20.1. The van der Waals surface area contributed by atoms with E-state index in [9.17, 15) is 4.79 Å². The van der Waals surface area contributed by atoms with Crippen molar-refractivity contribution >= 4 is 62.8 Å². The highest BCUT2D eigenvalue weighted by Gasteiger charge is 2.32. The first-order chi connectivity index (χ1) is 15.2. The summed E-state index contributed by atoms with van der Waals surface area (Å²) >= 11 is 8.33. The van der Waals surface area contributed by atoms with Crippen LogP contribution in [0, 0.1) is 0 Å². The first-order valence-electron chi connectivity index (χ1n) is 9.72. The Balaban J connectivity index is 1.34. The molecule has 152 valence electrons. The highest BCUT2D eigenvalue weighted by molar-refractivity contribution is 8.26. The van der Waals surface area contributed by atoms with Crippen LogP contribution < -0.4 is 0 Å². The molecule has 1 aromatic heterocycles. The van der Waals surface area contributed by atoms with Crippen molar-refractivity contribution in [1.82, 2.24) is 4.90 Å². The number of fused-ring (bicyclic) bond motifs is 1. The van der Waals surface area contributed by atoms with Gasteiger partial charge in [-0.2, -0.15) is 0 Å². The molecule has 31 heavy (non-hydrogen) atoms. The molecule has 1 aliphatic heterocycles. The maximum atomic E-state index is 12.9. The highest BCUT2D eigenvalue weighted by Crippen LogP contribution is 2.37. The van der Waals surface area contributed by atoms with Gasteiger partial charge < -0.3 is 4.42 Å². The Hall–Kier alpha value is -2.80. The van der Waals surface area contributed by atoms with Crippen LogP contribution in [0.5, 0.6) is 0 Å². The average Bonchev–Trinajstić information content (AvgIpc) is 3.34. The van der Waals surface area contributed by atoms with Crippen molar-refractivity contribution in [2.45, 2.75) is 16.5 Å². The van der Waals surface area contributed by atoms with E-state index in [2.05, 4.69) is 24.3 Å². The molecule has 1 amide bonds. The fraction of sp³-hybridized carbons (Fsp3) is 0.0400. The Morgan fingerprint density at radius 3 is 2.58 bits per heavy atom. The number of carbonyl (C=O) groups excluding carboxylic acids is 1. The topological polar surface area (TPSA) is 33.5 Å². The zero-order valence-corrected chi connectivity index (χ0v) is 18.8. The summed E-state index contributed by atoms with van der Waals surface area (Å²) in [5, 5.41) is 3.17. The molecule has 1 aliphatic rings. The SMILES string of the molecule is O=C1C(=Cc2ccc(Sc3cccc4ccccc34)o2)SC(=S)N1Cc1ccccc1. The van der Waals surface area contributed by atoms with Gasteiger partial charge in [0.1, 0.15) is 10.1 Å². The van der Waals surface area contributed by atoms with Crippen molar-refractivity contribution < 1.29 is 9.21 Å². The Bertz CT molecular complexity index is 1310. The molecular formula is C25H17NO2S3. The zero-order chi connectivity index (χ0) is 21.2. The molecule has 5 rings (SSSR count). The summed E-state index contributed by atoms with van der Waals surface area (Å²) in [6.07, 6.45) is 1.78. The van der Waals surface area contributed by atoms with Crippen LogP contribution in [0.4, 0.5) is 0 Å². The summed E-state index contributed by atoms with van der Waals surface area (Å²) in [4.78, 5) is 16.2. The Morgan fingerprint density at radius 2 is 1.71 bits per heavy atom. The van der Waals surface area contributed by atoms with Crippen molar-refractivity contribution in [3.05, 3.63) is 101 Å². The summed E-state index contributed by atoms with van der Waals surface area (Å²) in [5.41, 5.74) is 1.05. The second-order valence-corrected chi connectivity index (χ2v) is 9.71. The Labute approximate surface area is 194 Å². The van der Waals surface area contributed by atoms with E-state index in [1.807, 2.05) is 60.7 Å². The van der Waals surface area contributed by atoms with E-state index in [1.54, 1.807) is 22.7 Å². The van der Waals surface area contributed by atoms with E-state index in [0.717, 1.165) is 15.6 Å². The second-order valence-electron chi connectivity index (χ2n) is 6.99. The van der Waals surface area contributed by atoms with Crippen LogP contribution in [0.3, 0.4) is 0 Å². The molecule has 0 N–H and O–H groups in total. The third-order valence-electron chi connectivity index (χ3n) is 4.89. The predicted molar refractivity (Wildman–Crippen MR) is 132 cm³/mol. The van der Waals surface area contributed by atoms with Gasteiger partial charge in [-0.25, -0.2) is 0 Å². The van der Waals surface area contributed by atoms with Gasteiger partial charge in [0, 0.05) is 11.0 Å². The van der Waals surface area contributed by atoms with Crippen LogP contribution in [0.1, 0.15) is 11.3 Å². The smallest absolute Gasteiger partial charge is 0.266 e. The monoisotopic (exact) mass is 459 g/mol.